The van der Waals surface area contributed by atoms with Crippen LogP contribution in [0.2, 0.25) is 10.0 Å². The summed E-state index contributed by atoms with van der Waals surface area (Å²) < 4.78 is 13.0. The maximum Gasteiger partial charge on any atom is 0.244 e. The molecule has 0 saturated heterocycles. The van der Waals surface area contributed by atoms with Crippen molar-refractivity contribution in [3.63, 3.8) is 0 Å². The number of halogens is 3. The van der Waals surface area contributed by atoms with E-state index in [1.54, 1.807) is 42.3 Å². The third-order valence-electron chi connectivity index (χ3n) is 3.66. The molecule has 0 fully saturated rings. The van der Waals surface area contributed by atoms with Crippen LogP contribution in [0.1, 0.15) is 10.6 Å². The lowest BCUT2D eigenvalue weighted by molar-refractivity contribution is -0.114. The molecule has 1 N–H and O–H groups in total. The van der Waals surface area contributed by atoms with Crippen molar-refractivity contribution in [1.82, 2.24) is 10.2 Å². The molecule has 1 heterocycles. The van der Waals surface area contributed by atoms with Crippen molar-refractivity contribution in [2.24, 2.45) is 0 Å². The largest absolute Gasteiger partial charge is 0.340 e. The summed E-state index contributed by atoms with van der Waals surface area (Å²) in [6.07, 6.45) is 0.549. The predicted molar refractivity (Wildman–Crippen MR) is 107 cm³/mol. The zero-order valence-corrected chi connectivity index (χ0v) is 16.6. The van der Waals surface area contributed by atoms with Crippen molar-refractivity contribution in [1.29, 1.82) is 0 Å². The molecule has 0 bridgehead atoms. The van der Waals surface area contributed by atoms with E-state index in [0.29, 0.717) is 27.3 Å². The number of aromatic nitrogens is 2. The molecule has 0 aliphatic heterocycles. The van der Waals surface area contributed by atoms with Gasteiger partial charge in [0.15, 0.2) is 0 Å². The molecule has 9 heteroatoms. The van der Waals surface area contributed by atoms with E-state index in [1.807, 2.05) is 0 Å². The Hall–Kier alpha value is -2.22. The molecule has 0 spiro atoms. The van der Waals surface area contributed by atoms with E-state index in [4.69, 9.17) is 23.2 Å². The van der Waals surface area contributed by atoms with E-state index in [2.05, 4.69) is 15.5 Å². The van der Waals surface area contributed by atoms with Gasteiger partial charge in [-0.2, -0.15) is 0 Å². The van der Waals surface area contributed by atoms with Crippen LogP contribution in [-0.2, 0) is 11.2 Å². The van der Waals surface area contributed by atoms with Gasteiger partial charge in [-0.3, -0.25) is 4.79 Å². The average Bonchev–Trinajstić information content (AvgIpc) is 3.09. The van der Waals surface area contributed by atoms with Gasteiger partial charge in [-0.1, -0.05) is 52.7 Å². The van der Waals surface area contributed by atoms with Gasteiger partial charge in [-0.15, -0.1) is 10.2 Å². The zero-order chi connectivity index (χ0) is 19.4. The Morgan fingerprint density at radius 1 is 1.15 bits per heavy atom. The topological polar surface area (TPSA) is 58.1 Å². The third kappa shape index (κ3) is 5.15. The number of para-hydroxylation sites is 1. The molecule has 3 aromatic rings. The summed E-state index contributed by atoms with van der Waals surface area (Å²) in [6, 6.07) is 11.2. The van der Waals surface area contributed by atoms with Gasteiger partial charge in [0.1, 0.15) is 10.8 Å². The number of likely N-dealkylation sites (N-methyl/N-ethyl adjacent to an activating group) is 1. The monoisotopic (exact) mass is 424 g/mol. The normalized spacial score (nSPS) is 10.7. The number of benzene rings is 2. The first kappa shape index (κ1) is 19.5. The first-order valence-electron chi connectivity index (χ1n) is 7.94. The summed E-state index contributed by atoms with van der Waals surface area (Å²) in [5.74, 6) is -0.552. The SMILES string of the molecule is CN(CC(=O)Nc1c(Cl)cccc1Cl)c1nnc(Cc2ccc(F)cc2)s1. The lowest BCUT2D eigenvalue weighted by Crippen LogP contribution is -2.30. The molecule has 0 aliphatic carbocycles. The van der Waals surface area contributed by atoms with Gasteiger partial charge in [0, 0.05) is 13.5 Å². The van der Waals surface area contributed by atoms with Crippen LogP contribution in [0.5, 0.6) is 0 Å². The van der Waals surface area contributed by atoms with Crippen LogP contribution in [-0.4, -0.2) is 29.7 Å². The molecule has 3 rings (SSSR count). The van der Waals surface area contributed by atoms with E-state index in [9.17, 15) is 9.18 Å². The fourth-order valence-electron chi connectivity index (χ4n) is 2.33. The number of amides is 1. The maximum atomic E-state index is 13.0. The quantitative estimate of drug-likeness (QED) is 0.625. The molecule has 0 unspecified atom stereocenters. The Labute approximate surface area is 169 Å². The Morgan fingerprint density at radius 2 is 1.81 bits per heavy atom. The standard InChI is InChI=1S/C18H15Cl2FN4OS/c1-25(10-15(26)22-17-13(19)3-2-4-14(17)20)18-24-23-16(27-18)9-11-5-7-12(21)8-6-11/h2-8H,9-10H2,1H3,(H,22,26). The molecule has 140 valence electrons. The van der Waals surface area contributed by atoms with Crippen LogP contribution in [0.25, 0.3) is 0 Å². The van der Waals surface area contributed by atoms with E-state index in [0.717, 1.165) is 10.6 Å². The van der Waals surface area contributed by atoms with Gasteiger partial charge in [0.25, 0.3) is 0 Å². The van der Waals surface area contributed by atoms with Gasteiger partial charge in [0.2, 0.25) is 11.0 Å². The van der Waals surface area contributed by atoms with Crippen molar-refractivity contribution >= 4 is 51.3 Å². The summed E-state index contributed by atoms with van der Waals surface area (Å²) in [4.78, 5) is 14.0. The first-order chi connectivity index (χ1) is 12.9. The number of nitrogens with one attached hydrogen (secondary N) is 1. The van der Waals surface area contributed by atoms with Crippen LogP contribution in [0.4, 0.5) is 15.2 Å². The highest BCUT2D eigenvalue weighted by Crippen LogP contribution is 2.30. The summed E-state index contributed by atoms with van der Waals surface area (Å²) in [5, 5.41) is 13.1. The smallest absolute Gasteiger partial charge is 0.244 e. The summed E-state index contributed by atoms with van der Waals surface area (Å²) >= 11 is 13.5. The minimum Gasteiger partial charge on any atom is -0.340 e. The van der Waals surface area contributed by atoms with Crippen molar-refractivity contribution in [3.05, 3.63) is 68.9 Å². The number of carbonyl (C=O) groups is 1. The van der Waals surface area contributed by atoms with Crippen LogP contribution < -0.4 is 10.2 Å². The van der Waals surface area contributed by atoms with E-state index < -0.39 is 0 Å². The lowest BCUT2D eigenvalue weighted by atomic mass is 10.2. The Morgan fingerprint density at radius 3 is 2.48 bits per heavy atom. The minimum absolute atomic E-state index is 0.0622. The van der Waals surface area contributed by atoms with E-state index in [1.165, 1.54) is 23.5 Å². The van der Waals surface area contributed by atoms with Crippen molar-refractivity contribution < 1.29 is 9.18 Å². The van der Waals surface area contributed by atoms with Gasteiger partial charge in [0.05, 0.1) is 22.3 Å². The van der Waals surface area contributed by atoms with Crippen LogP contribution in [0.15, 0.2) is 42.5 Å². The Kier molecular flexibility index (Phi) is 6.26. The third-order valence-corrected chi connectivity index (χ3v) is 5.33. The van der Waals surface area contributed by atoms with Gasteiger partial charge >= 0.3 is 0 Å². The number of anilines is 2. The molecule has 5 nitrogen and oxygen atoms in total. The number of hydrogen-bond acceptors (Lipinski definition) is 5. The molecule has 2 aromatic carbocycles. The Balaban J connectivity index is 1.61. The second kappa shape index (κ2) is 8.65. The summed E-state index contributed by atoms with van der Waals surface area (Å²) in [6.45, 7) is 0.0622. The Bertz CT molecular complexity index is 929. The highest BCUT2D eigenvalue weighted by Gasteiger charge is 2.15. The second-order valence-electron chi connectivity index (χ2n) is 5.78. The number of nitrogens with zero attached hydrogens (tertiary/aromatic N) is 3. The molecule has 1 aromatic heterocycles. The molecular formula is C18H15Cl2FN4OS. The molecule has 0 radical (unpaired) electrons. The first-order valence-corrected chi connectivity index (χ1v) is 9.51. The molecule has 0 saturated carbocycles. The number of hydrogen-bond donors (Lipinski definition) is 1. The molecular weight excluding hydrogens is 410 g/mol. The second-order valence-corrected chi connectivity index (χ2v) is 7.64. The average molecular weight is 425 g/mol. The highest BCUT2D eigenvalue weighted by molar-refractivity contribution is 7.15. The van der Waals surface area contributed by atoms with E-state index in [-0.39, 0.29) is 18.3 Å². The molecule has 0 aliphatic rings. The van der Waals surface area contributed by atoms with Crippen LogP contribution in [0.3, 0.4) is 0 Å². The predicted octanol–water partition coefficient (Wildman–Crippen LogP) is 4.65. The molecule has 1 amide bonds. The van der Waals surface area contributed by atoms with Gasteiger partial charge in [-0.05, 0) is 29.8 Å². The fourth-order valence-corrected chi connectivity index (χ4v) is 3.65. The number of rotatable bonds is 6. The minimum atomic E-state index is -0.277. The van der Waals surface area contributed by atoms with Gasteiger partial charge < -0.3 is 10.2 Å². The zero-order valence-electron chi connectivity index (χ0n) is 14.2. The number of carbonyl (C=O) groups excluding carboxylic acids is 1. The fraction of sp³-hybridized carbons (Fsp3) is 0.167. The summed E-state index contributed by atoms with van der Waals surface area (Å²) in [5.41, 5.74) is 1.32. The van der Waals surface area contributed by atoms with Crippen molar-refractivity contribution in [2.75, 3.05) is 23.8 Å². The maximum absolute atomic E-state index is 13.0. The van der Waals surface area contributed by atoms with Crippen molar-refractivity contribution in [2.45, 2.75) is 6.42 Å². The molecule has 0 atom stereocenters. The lowest BCUT2D eigenvalue weighted by Gasteiger charge is -2.15. The van der Waals surface area contributed by atoms with Crippen LogP contribution in [0, 0.1) is 5.82 Å². The van der Waals surface area contributed by atoms with E-state index >= 15 is 0 Å². The van der Waals surface area contributed by atoms with Gasteiger partial charge in [-0.25, -0.2) is 4.39 Å². The van der Waals surface area contributed by atoms with Crippen molar-refractivity contribution in [3.8, 4) is 0 Å². The molecule has 27 heavy (non-hydrogen) atoms. The highest BCUT2D eigenvalue weighted by atomic mass is 35.5. The summed E-state index contributed by atoms with van der Waals surface area (Å²) in [7, 11) is 1.75. The van der Waals surface area contributed by atoms with Crippen LogP contribution >= 0.6 is 34.5 Å².